The van der Waals surface area contributed by atoms with Crippen molar-refractivity contribution in [2.45, 2.75) is 25.8 Å². The molecule has 5 heteroatoms. The second-order valence-electron chi connectivity index (χ2n) is 4.67. The van der Waals surface area contributed by atoms with E-state index in [1.165, 1.54) is 11.6 Å². The van der Waals surface area contributed by atoms with Gasteiger partial charge in [-0.05, 0) is 76.1 Å². The van der Waals surface area contributed by atoms with E-state index < -0.39 is 0 Å². The lowest BCUT2D eigenvalue weighted by Crippen LogP contribution is -2.23. The molecule has 0 bridgehead atoms. The first kappa shape index (κ1) is 16.1. The Bertz CT molecular complexity index is 551. The number of halogens is 3. The Morgan fingerprint density at radius 1 is 1.25 bits per heavy atom. The molecule has 1 unspecified atom stereocenters. The van der Waals surface area contributed by atoms with E-state index in [1.54, 1.807) is 17.4 Å². The SMILES string of the molecule is CCCNC(Cc1cc(F)cc(Br)c1)c1csc(Br)c1. The summed E-state index contributed by atoms with van der Waals surface area (Å²) in [5.74, 6) is -0.199. The molecular formula is C15H16Br2FNS. The molecule has 0 saturated carbocycles. The molecule has 2 rings (SSSR count). The van der Waals surface area contributed by atoms with Crippen LogP contribution in [-0.2, 0) is 6.42 Å². The predicted octanol–water partition coefficient (Wildman–Crippen LogP) is 5.70. The van der Waals surface area contributed by atoms with Gasteiger partial charge >= 0.3 is 0 Å². The van der Waals surface area contributed by atoms with Crippen LogP contribution >= 0.6 is 43.2 Å². The van der Waals surface area contributed by atoms with Crippen molar-refractivity contribution in [2.24, 2.45) is 0 Å². The van der Waals surface area contributed by atoms with Gasteiger partial charge in [0.25, 0.3) is 0 Å². The highest BCUT2D eigenvalue weighted by atomic mass is 79.9. The number of rotatable bonds is 6. The topological polar surface area (TPSA) is 12.0 Å². The Morgan fingerprint density at radius 3 is 2.65 bits per heavy atom. The van der Waals surface area contributed by atoms with Gasteiger partial charge in [0.05, 0.1) is 3.79 Å². The zero-order valence-electron chi connectivity index (χ0n) is 11.1. The van der Waals surface area contributed by atoms with Crippen LogP contribution in [0.4, 0.5) is 4.39 Å². The van der Waals surface area contributed by atoms with E-state index in [0.717, 1.165) is 33.2 Å². The normalized spacial score (nSPS) is 12.6. The lowest BCUT2D eigenvalue weighted by atomic mass is 10.0. The number of thiophene rings is 1. The van der Waals surface area contributed by atoms with E-state index in [-0.39, 0.29) is 11.9 Å². The maximum atomic E-state index is 13.5. The highest BCUT2D eigenvalue weighted by Gasteiger charge is 2.14. The molecule has 20 heavy (non-hydrogen) atoms. The number of nitrogens with one attached hydrogen (secondary N) is 1. The highest BCUT2D eigenvalue weighted by Crippen LogP contribution is 2.28. The Kier molecular flexibility index (Phi) is 6.20. The van der Waals surface area contributed by atoms with E-state index in [2.05, 4.69) is 55.5 Å². The molecule has 0 aliphatic heterocycles. The summed E-state index contributed by atoms with van der Waals surface area (Å²) in [5, 5.41) is 5.68. The molecule has 0 radical (unpaired) electrons. The van der Waals surface area contributed by atoms with Crippen LogP contribution in [0.5, 0.6) is 0 Å². The highest BCUT2D eigenvalue weighted by molar-refractivity contribution is 9.11. The number of hydrogen-bond acceptors (Lipinski definition) is 2. The molecule has 0 amide bonds. The van der Waals surface area contributed by atoms with Crippen molar-refractivity contribution < 1.29 is 4.39 Å². The molecule has 1 aromatic carbocycles. The summed E-state index contributed by atoms with van der Waals surface area (Å²) < 4.78 is 15.4. The Morgan fingerprint density at radius 2 is 2.05 bits per heavy atom. The molecule has 0 fully saturated rings. The van der Waals surface area contributed by atoms with E-state index in [4.69, 9.17) is 0 Å². The minimum absolute atomic E-state index is 0.199. The molecular weight excluding hydrogens is 405 g/mol. The summed E-state index contributed by atoms with van der Waals surface area (Å²) in [4.78, 5) is 0. The van der Waals surface area contributed by atoms with Gasteiger partial charge in [-0.3, -0.25) is 0 Å². The van der Waals surface area contributed by atoms with Crippen LogP contribution < -0.4 is 5.32 Å². The molecule has 2 aromatic rings. The second kappa shape index (κ2) is 7.69. The van der Waals surface area contributed by atoms with Gasteiger partial charge in [0.1, 0.15) is 5.82 Å². The fraction of sp³-hybridized carbons (Fsp3) is 0.333. The standard InChI is InChI=1S/C15H16Br2FNS/c1-2-3-19-14(11-7-15(17)20-9-11)6-10-4-12(16)8-13(18)5-10/h4-5,7-9,14,19H,2-3,6H2,1H3. The lowest BCUT2D eigenvalue weighted by molar-refractivity contribution is 0.528. The van der Waals surface area contributed by atoms with Crippen LogP contribution in [0.3, 0.4) is 0 Å². The van der Waals surface area contributed by atoms with Crippen LogP contribution in [0.1, 0.15) is 30.5 Å². The van der Waals surface area contributed by atoms with E-state index >= 15 is 0 Å². The Labute approximate surface area is 139 Å². The van der Waals surface area contributed by atoms with Gasteiger partial charge in [-0.15, -0.1) is 11.3 Å². The van der Waals surface area contributed by atoms with Crippen molar-refractivity contribution in [3.05, 3.63) is 54.8 Å². The van der Waals surface area contributed by atoms with Crippen LogP contribution in [0.2, 0.25) is 0 Å². The molecule has 1 atom stereocenters. The molecule has 0 spiro atoms. The second-order valence-corrected chi connectivity index (χ2v) is 7.88. The third-order valence-electron chi connectivity index (χ3n) is 2.99. The van der Waals surface area contributed by atoms with Crippen molar-refractivity contribution >= 4 is 43.2 Å². The molecule has 1 nitrogen and oxygen atoms in total. The van der Waals surface area contributed by atoms with Crippen LogP contribution in [0.15, 0.2) is 37.9 Å². The van der Waals surface area contributed by atoms with Crippen molar-refractivity contribution in [2.75, 3.05) is 6.54 Å². The minimum atomic E-state index is -0.199. The molecule has 1 N–H and O–H groups in total. The van der Waals surface area contributed by atoms with Gasteiger partial charge in [0, 0.05) is 10.5 Å². The van der Waals surface area contributed by atoms with Gasteiger partial charge in [-0.25, -0.2) is 4.39 Å². The van der Waals surface area contributed by atoms with Crippen molar-refractivity contribution in [1.29, 1.82) is 0 Å². The zero-order chi connectivity index (χ0) is 14.5. The monoisotopic (exact) mass is 419 g/mol. The fourth-order valence-corrected chi connectivity index (χ4v) is 3.84. The molecule has 108 valence electrons. The van der Waals surface area contributed by atoms with Crippen molar-refractivity contribution in [3.8, 4) is 0 Å². The summed E-state index contributed by atoms with van der Waals surface area (Å²) in [6, 6.07) is 7.41. The third-order valence-corrected chi connectivity index (χ3v) is 4.97. The van der Waals surface area contributed by atoms with Crippen LogP contribution in [-0.4, -0.2) is 6.54 Å². The lowest BCUT2D eigenvalue weighted by Gasteiger charge is -2.18. The number of benzene rings is 1. The summed E-state index contributed by atoms with van der Waals surface area (Å²) in [6.45, 7) is 3.10. The van der Waals surface area contributed by atoms with Gasteiger partial charge in [0.2, 0.25) is 0 Å². The quantitative estimate of drug-likeness (QED) is 0.632. The smallest absolute Gasteiger partial charge is 0.124 e. The predicted molar refractivity (Wildman–Crippen MR) is 90.9 cm³/mol. The first-order valence-corrected chi connectivity index (χ1v) is 8.97. The van der Waals surface area contributed by atoms with Gasteiger partial charge in [-0.1, -0.05) is 22.9 Å². The van der Waals surface area contributed by atoms with Crippen molar-refractivity contribution in [3.63, 3.8) is 0 Å². The average Bonchev–Trinajstić information content (AvgIpc) is 2.80. The summed E-state index contributed by atoms with van der Waals surface area (Å²) in [6.07, 6.45) is 1.86. The molecule has 0 saturated heterocycles. The van der Waals surface area contributed by atoms with Crippen molar-refractivity contribution in [1.82, 2.24) is 5.32 Å². The van der Waals surface area contributed by atoms with E-state index in [0.29, 0.717) is 0 Å². The van der Waals surface area contributed by atoms with Gasteiger partial charge < -0.3 is 5.32 Å². The maximum absolute atomic E-state index is 13.5. The fourth-order valence-electron chi connectivity index (χ4n) is 2.10. The first-order chi connectivity index (χ1) is 9.58. The summed E-state index contributed by atoms with van der Waals surface area (Å²) >= 11 is 8.53. The maximum Gasteiger partial charge on any atom is 0.124 e. The molecule has 1 aromatic heterocycles. The number of hydrogen-bond donors (Lipinski definition) is 1. The zero-order valence-corrected chi connectivity index (χ0v) is 15.1. The van der Waals surface area contributed by atoms with Crippen LogP contribution in [0, 0.1) is 5.82 Å². The first-order valence-electron chi connectivity index (χ1n) is 6.50. The Hall–Kier alpha value is -0.230. The average molecular weight is 421 g/mol. The van der Waals surface area contributed by atoms with E-state index in [9.17, 15) is 4.39 Å². The molecule has 0 aliphatic carbocycles. The Balaban J connectivity index is 2.18. The molecule has 1 heterocycles. The van der Waals surface area contributed by atoms with E-state index in [1.807, 2.05) is 6.07 Å². The third kappa shape index (κ3) is 4.65. The van der Waals surface area contributed by atoms with Crippen LogP contribution in [0.25, 0.3) is 0 Å². The summed E-state index contributed by atoms with van der Waals surface area (Å²) in [7, 11) is 0. The minimum Gasteiger partial charge on any atom is -0.310 e. The van der Waals surface area contributed by atoms with Gasteiger partial charge in [0.15, 0.2) is 0 Å². The molecule has 0 aliphatic rings. The largest absolute Gasteiger partial charge is 0.310 e. The summed E-state index contributed by atoms with van der Waals surface area (Å²) in [5.41, 5.74) is 2.24. The van der Waals surface area contributed by atoms with Gasteiger partial charge in [-0.2, -0.15) is 0 Å².